The number of pyridine rings is 1. The van der Waals surface area contributed by atoms with E-state index in [1.807, 2.05) is 0 Å². The van der Waals surface area contributed by atoms with Gasteiger partial charge in [-0.25, -0.2) is 4.98 Å². The van der Waals surface area contributed by atoms with Gasteiger partial charge in [0.05, 0.1) is 40.8 Å². The standard InChI is InChI=1S/C23H23ClF3N7O2S/c1-9(8-34-12(4)17(24)10(2)32-34)21(36)31-18-16-13(14-7-29-33(5)11(14)3)6-15(23(25,26)27)30-22(16)37-19(18)20(28)35/h6-7,9H,8H2,1-5H3,(H2,28,35)(H,31,36). The molecule has 4 aromatic rings. The minimum absolute atomic E-state index is 0.00947. The summed E-state index contributed by atoms with van der Waals surface area (Å²) in [5.74, 6) is -2.03. The normalized spacial score (nSPS) is 12.8. The Morgan fingerprint density at radius 3 is 2.41 bits per heavy atom. The van der Waals surface area contributed by atoms with E-state index in [1.54, 1.807) is 39.4 Å². The summed E-state index contributed by atoms with van der Waals surface area (Å²) in [6.07, 6.45) is -3.32. The number of carbonyl (C=O) groups is 2. The summed E-state index contributed by atoms with van der Waals surface area (Å²) in [7, 11) is 1.65. The molecule has 14 heteroatoms. The van der Waals surface area contributed by atoms with Crippen LogP contribution in [0.1, 0.15) is 39.4 Å². The first-order chi connectivity index (χ1) is 17.2. The van der Waals surface area contributed by atoms with Gasteiger partial charge in [-0.2, -0.15) is 23.4 Å². The van der Waals surface area contributed by atoms with Crippen molar-refractivity contribution in [3.8, 4) is 11.1 Å². The van der Waals surface area contributed by atoms with Crippen LogP contribution in [-0.2, 0) is 24.6 Å². The molecule has 0 aliphatic heterocycles. The summed E-state index contributed by atoms with van der Waals surface area (Å²) >= 11 is 6.89. The first kappa shape index (κ1) is 26.6. The van der Waals surface area contributed by atoms with Crippen molar-refractivity contribution >= 4 is 50.7 Å². The van der Waals surface area contributed by atoms with Gasteiger partial charge in [0.15, 0.2) is 0 Å². The Labute approximate surface area is 218 Å². The predicted molar refractivity (Wildman–Crippen MR) is 135 cm³/mol. The number of primary amides is 1. The zero-order valence-electron chi connectivity index (χ0n) is 20.5. The molecule has 0 saturated heterocycles. The van der Waals surface area contributed by atoms with E-state index in [-0.39, 0.29) is 32.9 Å². The predicted octanol–water partition coefficient (Wildman–Crippen LogP) is 4.86. The van der Waals surface area contributed by atoms with Crippen LogP contribution in [0.3, 0.4) is 0 Å². The number of nitrogens with one attached hydrogen (secondary N) is 1. The highest BCUT2D eigenvalue weighted by Crippen LogP contribution is 2.44. The SMILES string of the molecule is Cc1nn(CC(C)C(=O)Nc2c(C(N)=O)sc3nc(C(F)(F)F)cc(-c4cnn(C)c4C)c23)c(C)c1Cl. The van der Waals surface area contributed by atoms with Crippen LogP contribution in [0.5, 0.6) is 0 Å². The van der Waals surface area contributed by atoms with E-state index in [1.165, 1.54) is 10.9 Å². The molecule has 0 aliphatic carbocycles. The summed E-state index contributed by atoms with van der Waals surface area (Å²) in [6, 6.07) is 0.890. The van der Waals surface area contributed by atoms with Gasteiger partial charge in [0.2, 0.25) is 5.91 Å². The third kappa shape index (κ3) is 4.80. The Morgan fingerprint density at radius 2 is 1.89 bits per heavy atom. The van der Waals surface area contributed by atoms with Crippen LogP contribution in [0.15, 0.2) is 12.3 Å². The Hall–Kier alpha value is -3.45. The minimum Gasteiger partial charge on any atom is -0.365 e. The highest BCUT2D eigenvalue weighted by atomic mass is 35.5. The molecule has 37 heavy (non-hydrogen) atoms. The number of carbonyl (C=O) groups excluding carboxylic acids is 2. The smallest absolute Gasteiger partial charge is 0.365 e. The summed E-state index contributed by atoms with van der Waals surface area (Å²) in [6.45, 7) is 7.06. The maximum absolute atomic E-state index is 13.7. The van der Waals surface area contributed by atoms with Gasteiger partial charge < -0.3 is 11.1 Å². The van der Waals surface area contributed by atoms with Gasteiger partial charge >= 0.3 is 6.18 Å². The van der Waals surface area contributed by atoms with Gasteiger partial charge in [-0.1, -0.05) is 18.5 Å². The van der Waals surface area contributed by atoms with E-state index in [9.17, 15) is 22.8 Å². The Balaban J connectivity index is 1.85. The number of hydrogen-bond acceptors (Lipinski definition) is 6. The molecule has 0 spiro atoms. The molecule has 0 bridgehead atoms. The van der Waals surface area contributed by atoms with E-state index in [4.69, 9.17) is 17.3 Å². The number of anilines is 1. The topological polar surface area (TPSA) is 121 Å². The zero-order chi connectivity index (χ0) is 27.4. The average molecular weight is 554 g/mol. The molecule has 9 nitrogen and oxygen atoms in total. The fourth-order valence-electron chi connectivity index (χ4n) is 3.95. The number of fused-ring (bicyclic) bond motifs is 1. The van der Waals surface area contributed by atoms with Crippen LogP contribution in [0, 0.1) is 26.7 Å². The number of amides is 2. The number of rotatable bonds is 6. The molecular formula is C23H23ClF3N7O2S. The molecule has 4 aromatic heterocycles. The minimum atomic E-state index is -4.74. The molecule has 1 unspecified atom stereocenters. The molecule has 4 rings (SSSR count). The quantitative estimate of drug-likeness (QED) is 0.353. The number of aromatic nitrogens is 5. The molecule has 3 N–H and O–H groups in total. The van der Waals surface area contributed by atoms with Crippen molar-refractivity contribution in [2.75, 3.05) is 5.32 Å². The molecule has 0 saturated carbocycles. The average Bonchev–Trinajstić information content (AvgIpc) is 3.43. The van der Waals surface area contributed by atoms with Crippen molar-refractivity contribution in [1.29, 1.82) is 0 Å². The Bertz CT molecular complexity index is 1550. The maximum atomic E-state index is 13.7. The van der Waals surface area contributed by atoms with E-state index in [2.05, 4.69) is 20.5 Å². The van der Waals surface area contributed by atoms with Crippen molar-refractivity contribution in [3.05, 3.63) is 44.9 Å². The lowest BCUT2D eigenvalue weighted by Crippen LogP contribution is -2.26. The van der Waals surface area contributed by atoms with Crippen LogP contribution in [0.25, 0.3) is 21.3 Å². The van der Waals surface area contributed by atoms with Crippen molar-refractivity contribution in [1.82, 2.24) is 24.5 Å². The number of thiophene rings is 1. The van der Waals surface area contributed by atoms with Crippen molar-refractivity contribution < 1.29 is 22.8 Å². The second kappa shape index (κ2) is 9.45. The molecule has 0 aromatic carbocycles. The third-order valence-corrected chi connectivity index (χ3v) is 7.78. The monoisotopic (exact) mass is 553 g/mol. The van der Waals surface area contributed by atoms with Crippen molar-refractivity contribution in [2.45, 2.75) is 40.4 Å². The van der Waals surface area contributed by atoms with Crippen molar-refractivity contribution in [2.24, 2.45) is 18.7 Å². The Morgan fingerprint density at radius 1 is 1.22 bits per heavy atom. The van der Waals surface area contributed by atoms with Crippen molar-refractivity contribution in [3.63, 3.8) is 0 Å². The van der Waals surface area contributed by atoms with E-state index in [0.29, 0.717) is 39.0 Å². The molecule has 196 valence electrons. The maximum Gasteiger partial charge on any atom is 0.433 e. The summed E-state index contributed by atoms with van der Waals surface area (Å²) in [5.41, 5.74) is 6.85. The highest BCUT2D eigenvalue weighted by molar-refractivity contribution is 7.21. The van der Waals surface area contributed by atoms with Crippen LogP contribution in [-0.4, -0.2) is 36.4 Å². The number of nitrogens with two attached hydrogens (primary N) is 1. The fraction of sp³-hybridized carbons (Fsp3) is 0.348. The van der Waals surface area contributed by atoms with Crippen LogP contribution in [0.4, 0.5) is 18.9 Å². The largest absolute Gasteiger partial charge is 0.433 e. The lowest BCUT2D eigenvalue weighted by Gasteiger charge is -2.15. The number of nitrogens with zero attached hydrogens (tertiary/aromatic N) is 5. The van der Waals surface area contributed by atoms with Crippen LogP contribution < -0.4 is 11.1 Å². The number of alkyl halides is 3. The molecule has 0 aliphatic rings. The summed E-state index contributed by atoms with van der Waals surface area (Å²) in [4.78, 5) is 29.1. The fourth-order valence-corrected chi connectivity index (χ4v) is 5.10. The molecule has 0 radical (unpaired) electrons. The van der Waals surface area contributed by atoms with Gasteiger partial charge in [0.1, 0.15) is 15.4 Å². The van der Waals surface area contributed by atoms with E-state index in [0.717, 1.165) is 6.07 Å². The number of aryl methyl sites for hydroxylation is 2. The molecule has 1 atom stereocenters. The van der Waals surface area contributed by atoms with Crippen LogP contribution >= 0.6 is 22.9 Å². The Kier molecular flexibility index (Phi) is 6.80. The molecular weight excluding hydrogens is 531 g/mol. The van der Waals surface area contributed by atoms with Crippen LogP contribution in [0.2, 0.25) is 5.02 Å². The molecule has 0 fully saturated rings. The summed E-state index contributed by atoms with van der Waals surface area (Å²) < 4.78 is 44.2. The zero-order valence-corrected chi connectivity index (χ0v) is 22.1. The van der Waals surface area contributed by atoms with Gasteiger partial charge in [-0.15, -0.1) is 11.3 Å². The first-order valence-electron chi connectivity index (χ1n) is 11.0. The van der Waals surface area contributed by atoms with Gasteiger partial charge in [-0.3, -0.25) is 19.0 Å². The second-order valence-electron chi connectivity index (χ2n) is 8.73. The van der Waals surface area contributed by atoms with E-state index < -0.39 is 29.6 Å². The summed E-state index contributed by atoms with van der Waals surface area (Å²) in [5, 5.41) is 11.9. The first-order valence-corrected chi connectivity index (χ1v) is 12.2. The number of halogens is 4. The lowest BCUT2D eigenvalue weighted by atomic mass is 10.0. The molecule has 2 amide bonds. The number of hydrogen-bond donors (Lipinski definition) is 2. The van der Waals surface area contributed by atoms with Gasteiger partial charge in [0, 0.05) is 23.7 Å². The molecule has 4 heterocycles. The van der Waals surface area contributed by atoms with Gasteiger partial charge in [0.25, 0.3) is 5.91 Å². The third-order valence-electron chi connectivity index (χ3n) is 6.14. The van der Waals surface area contributed by atoms with E-state index >= 15 is 0 Å². The lowest BCUT2D eigenvalue weighted by molar-refractivity contribution is -0.140. The second-order valence-corrected chi connectivity index (χ2v) is 10.1. The van der Waals surface area contributed by atoms with Gasteiger partial charge in [-0.05, 0) is 32.4 Å². The highest BCUT2D eigenvalue weighted by Gasteiger charge is 2.35.